The molecule has 0 aliphatic heterocycles. The zero-order valence-corrected chi connectivity index (χ0v) is 9.38. The third-order valence-electron chi connectivity index (χ3n) is 2.38. The van der Waals surface area contributed by atoms with Crippen LogP contribution in [0.25, 0.3) is 11.1 Å². The molecule has 0 fully saturated rings. The highest BCUT2D eigenvalue weighted by atomic mass is 32.1. The highest BCUT2D eigenvalue weighted by Crippen LogP contribution is 2.22. The Balaban J connectivity index is 2.29. The van der Waals surface area contributed by atoms with Gasteiger partial charge in [-0.15, -0.1) is 0 Å². The van der Waals surface area contributed by atoms with Crippen LogP contribution in [0.15, 0.2) is 41.1 Å². The molecule has 1 heterocycles. The fourth-order valence-electron chi connectivity index (χ4n) is 1.48. The van der Waals surface area contributed by atoms with Gasteiger partial charge in [-0.2, -0.15) is 11.3 Å². The fourth-order valence-corrected chi connectivity index (χ4v) is 2.15. The molecule has 0 radical (unpaired) electrons. The number of hydrogen-bond acceptors (Lipinski definition) is 2. The van der Waals surface area contributed by atoms with Crippen LogP contribution in [0.3, 0.4) is 0 Å². The third-order valence-corrected chi connectivity index (χ3v) is 3.07. The molecule has 0 atom stereocenters. The van der Waals surface area contributed by atoms with E-state index in [2.05, 4.69) is 16.8 Å². The molecule has 0 aliphatic carbocycles. The molecule has 2 aromatic rings. The van der Waals surface area contributed by atoms with Crippen LogP contribution in [0.2, 0.25) is 0 Å². The second-order valence-corrected chi connectivity index (χ2v) is 4.15. The summed E-state index contributed by atoms with van der Waals surface area (Å²) in [6.45, 7) is 1.88. The topological polar surface area (TPSA) is 17.1 Å². The zero-order chi connectivity index (χ0) is 10.7. The first kappa shape index (κ1) is 10.1. The summed E-state index contributed by atoms with van der Waals surface area (Å²) in [6, 6.07) is 9.90. The van der Waals surface area contributed by atoms with Crippen molar-refractivity contribution in [1.29, 1.82) is 0 Å². The summed E-state index contributed by atoms with van der Waals surface area (Å²) >= 11 is 1.68. The van der Waals surface area contributed by atoms with Crippen molar-refractivity contribution in [3.8, 4) is 11.1 Å². The van der Waals surface area contributed by atoms with E-state index in [-0.39, 0.29) is 5.78 Å². The molecule has 0 N–H and O–H groups in total. The number of rotatable bonds is 3. The highest BCUT2D eigenvalue weighted by Gasteiger charge is 2.03. The van der Waals surface area contributed by atoms with Crippen molar-refractivity contribution >= 4 is 17.1 Å². The van der Waals surface area contributed by atoms with Crippen molar-refractivity contribution in [2.45, 2.75) is 13.3 Å². The monoisotopic (exact) mass is 216 g/mol. The number of carbonyl (C=O) groups excluding carboxylic acids is 1. The molecule has 0 aliphatic rings. The van der Waals surface area contributed by atoms with Gasteiger partial charge in [-0.05, 0) is 28.0 Å². The number of thiophene rings is 1. The molecular formula is C13H12OS. The van der Waals surface area contributed by atoms with Crippen LogP contribution >= 0.6 is 11.3 Å². The summed E-state index contributed by atoms with van der Waals surface area (Å²) in [5.74, 6) is 0.201. The minimum atomic E-state index is 0.201. The summed E-state index contributed by atoms with van der Waals surface area (Å²) in [5.41, 5.74) is 3.19. The summed E-state index contributed by atoms with van der Waals surface area (Å²) < 4.78 is 0. The Morgan fingerprint density at radius 1 is 1.13 bits per heavy atom. The van der Waals surface area contributed by atoms with E-state index in [1.165, 1.54) is 11.1 Å². The summed E-state index contributed by atoms with van der Waals surface area (Å²) in [4.78, 5) is 11.4. The first-order valence-corrected chi connectivity index (χ1v) is 5.91. The van der Waals surface area contributed by atoms with E-state index < -0.39 is 0 Å². The van der Waals surface area contributed by atoms with Crippen LogP contribution < -0.4 is 0 Å². The lowest BCUT2D eigenvalue weighted by atomic mass is 10.0. The lowest BCUT2D eigenvalue weighted by Crippen LogP contribution is -1.95. The molecule has 15 heavy (non-hydrogen) atoms. The van der Waals surface area contributed by atoms with Crippen LogP contribution in [0.5, 0.6) is 0 Å². The van der Waals surface area contributed by atoms with Crippen LogP contribution in [-0.4, -0.2) is 5.78 Å². The standard InChI is InChI=1S/C13H12OS/c1-2-13(14)11-5-3-10(4-6-11)12-7-8-15-9-12/h3-9H,2H2,1H3. The summed E-state index contributed by atoms with van der Waals surface area (Å²) in [7, 11) is 0. The van der Waals surface area contributed by atoms with Gasteiger partial charge in [-0.25, -0.2) is 0 Å². The quantitative estimate of drug-likeness (QED) is 0.708. The maximum absolute atomic E-state index is 11.4. The van der Waals surface area contributed by atoms with E-state index in [0.717, 1.165) is 5.56 Å². The van der Waals surface area contributed by atoms with Crippen LogP contribution in [-0.2, 0) is 0 Å². The fraction of sp³-hybridized carbons (Fsp3) is 0.154. The first-order valence-electron chi connectivity index (χ1n) is 4.97. The average molecular weight is 216 g/mol. The second kappa shape index (κ2) is 4.41. The van der Waals surface area contributed by atoms with Crippen LogP contribution in [0, 0.1) is 0 Å². The summed E-state index contributed by atoms with van der Waals surface area (Å²) in [5, 5.41) is 4.16. The number of benzene rings is 1. The maximum Gasteiger partial charge on any atom is 0.162 e. The third kappa shape index (κ3) is 2.16. The van der Waals surface area contributed by atoms with E-state index in [9.17, 15) is 4.79 Å². The van der Waals surface area contributed by atoms with E-state index in [0.29, 0.717) is 6.42 Å². The molecule has 1 aromatic carbocycles. The lowest BCUT2D eigenvalue weighted by molar-refractivity contribution is 0.0988. The van der Waals surface area contributed by atoms with Crippen molar-refractivity contribution < 1.29 is 4.79 Å². The molecule has 76 valence electrons. The van der Waals surface area contributed by atoms with Crippen molar-refractivity contribution in [3.05, 3.63) is 46.7 Å². The SMILES string of the molecule is CCC(=O)c1ccc(-c2ccsc2)cc1. The van der Waals surface area contributed by atoms with Gasteiger partial charge < -0.3 is 0 Å². The maximum atomic E-state index is 11.4. The highest BCUT2D eigenvalue weighted by molar-refractivity contribution is 7.08. The van der Waals surface area contributed by atoms with Gasteiger partial charge in [-0.3, -0.25) is 4.79 Å². The Morgan fingerprint density at radius 3 is 2.40 bits per heavy atom. The number of hydrogen-bond donors (Lipinski definition) is 0. The van der Waals surface area contributed by atoms with Gasteiger partial charge in [0.05, 0.1) is 0 Å². The molecule has 0 saturated carbocycles. The van der Waals surface area contributed by atoms with Gasteiger partial charge >= 0.3 is 0 Å². The minimum absolute atomic E-state index is 0.201. The predicted octanol–water partition coefficient (Wildman–Crippen LogP) is 4.01. The molecule has 0 amide bonds. The first-order chi connectivity index (χ1) is 7.31. The van der Waals surface area contributed by atoms with E-state index in [4.69, 9.17) is 0 Å². The smallest absolute Gasteiger partial charge is 0.162 e. The Labute approximate surface area is 93.4 Å². The molecule has 1 nitrogen and oxygen atoms in total. The minimum Gasteiger partial charge on any atom is -0.294 e. The van der Waals surface area contributed by atoms with E-state index in [1.807, 2.05) is 31.2 Å². The summed E-state index contributed by atoms with van der Waals surface area (Å²) in [6.07, 6.45) is 0.567. The zero-order valence-electron chi connectivity index (χ0n) is 8.57. The van der Waals surface area contributed by atoms with E-state index >= 15 is 0 Å². The largest absolute Gasteiger partial charge is 0.294 e. The number of carbonyl (C=O) groups is 1. The van der Waals surface area contributed by atoms with Crippen LogP contribution in [0.4, 0.5) is 0 Å². The van der Waals surface area contributed by atoms with Gasteiger partial charge in [0.25, 0.3) is 0 Å². The molecule has 1 aromatic heterocycles. The lowest BCUT2D eigenvalue weighted by Gasteiger charge is -2.00. The van der Waals surface area contributed by atoms with E-state index in [1.54, 1.807) is 11.3 Å². The van der Waals surface area contributed by atoms with Crippen molar-refractivity contribution in [2.75, 3.05) is 0 Å². The molecule has 0 unspecified atom stereocenters. The Hall–Kier alpha value is -1.41. The van der Waals surface area contributed by atoms with Crippen molar-refractivity contribution in [2.24, 2.45) is 0 Å². The predicted molar refractivity (Wildman–Crippen MR) is 64.4 cm³/mol. The van der Waals surface area contributed by atoms with Gasteiger partial charge in [0.2, 0.25) is 0 Å². The molecule has 2 rings (SSSR count). The average Bonchev–Trinajstić information content (AvgIpc) is 2.82. The Bertz CT molecular complexity index is 440. The number of ketones is 1. The molecule has 0 spiro atoms. The molecule has 2 heteroatoms. The van der Waals surface area contributed by atoms with Gasteiger partial charge in [0, 0.05) is 12.0 Å². The van der Waals surface area contributed by atoms with Gasteiger partial charge in [-0.1, -0.05) is 31.2 Å². The molecule has 0 saturated heterocycles. The Kier molecular flexibility index (Phi) is 2.97. The number of Topliss-reactive ketones (excluding diaryl/α,β-unsaturated/α-hetero) is 1. The normalized spacial score (nSPS) is 10.2. The van der Waals surface area contributed by atoms with Gasteiger partial charge in [0.1, 0.15) is 0 Å². The van der Waals surface area contributed by atoms with Crippen LogP contribution in [0.1, 0.15) is 23.7 Å². The van der Waals surface area contributed by atoms with Crippen molar-refractivity contribution in [1.82, 2.24) is 0 Å². The molecule has 0 bridgehead atoms. The van der Waals surface area contributed by atoms with Crippen molar-refractivity contribution in [3.63, 3.8) is 0 Å². The Morgan fingerprint density at radius 2 is 1.87 bits per heavy atom. The second-order valence-electron chi connectivity index (χ2n) is 3.37. The molecular weight excluding hydrogens is 204 g/mol. The van der Waals surface area contributed by atoms with Gasteiger partial charge in [0.15, 0.2) is 5.78 Å².